The molecule has 4 aromatic rings. The molecular weight excluding hydrogens is 615 g/mol. The highest BCUT2D eigenvalue weighted by atomic mass is 35.5. The number of nitrogens with two attached hydrogens (primary N) is 2. The van der Waals surface area contributed by atoms with Crippen molar-refractivity contribution in [2.45, 2.75) is 30.8 Å². The molecule has 0 bridgehead atoms. The minimum atomic E-state index is -1.87. The van der Waals surface area contributed by atoms with Crippen LogP contribution in [0.1, 0.15) is 46.9 Å². The molecule has 2 heterocycles. The monoisotopic (exact) mass is 646 g/mol. The Balaban J connectivity index is 1.43. The van der Waals surface area contributed by atoms with Gasteiger partial charge in [0.2, 0.25) is 5.91 Å². The van der Waals surface area contributed by atoms with Crippen molar-refractivity contribution in [3.63, 3.8) is 0 Å². The summed E-state index contributed by atoms with van der Waals surface area (Å²) in [5, 5.41) is 15.9. The number of pyridine rings is 1. The quantitative estimate of drug-likeness (QED) is 0.172. The first-order chi connectivity index (χ1) is 21.5. The van der Waals surface area contributed by atoms with E-state index in [1.54, 1.807) is 73.7 Å². The number of aromatic nitrogens is 1. The number of amides is 2. The highest BCUT2D eigenvalue weighted by Gasteiger charge is 2.46. The van der Waals surface area contributed by atoms with Gasteiger partial charge < -0.3 is 31.4 Å². The topological polar surface area (TPSA) is 150 Å². The van der Waals surface area contributed by atoms with Crippen LogP contribution in [0.3, 0.4) is 0 Å². The maximum absolute atomic E-state index is 13.5. The first-order valence-corrected chi connectivity index (χ1v) is 15.3. The summed E-state index contributed by atoms with van der Waals surface area (Å²) < 4.78 is 11.9. The van der Waals surface area contributed by atoms with Gasteiger partial charge in [-0.25, -0.2) is 4.98 Å². The fourth-order valence-corrected chi connectivity index (χ4v) is 5.72. The molecule has 2 atom stereocenters. The normalized spacial score (nSPS) is 18.4. The van der Waals surface area contributed by atoms with E-state index in [-0.39, 0.29) is 29.6 Å². The summed E-state index contributed by atoms with van der Waals surface area (Å²) in [5.41, 5.74) is 11.3. The molecule has 0 unspecified atom stereocenters. The molecule has 232 valence electrons. The number of nitrogens with one attached hydrogen (secondary N) is 1. The van der Waals surface area contributed by atoms with Crippen LogP contribution in [0, 0.1) is 5.92 Å². The molecule has 3 aromatic carbocycles. The predicted molar refractivity (Wildman–Crippen MR) is 173 cm³/mol. The zero-order chi connectivity index (χ0) is 31.9. The number of nitrogen functional groups attached to an aromatic ring is 1. The lowest BCUT2D eigenvalue weighted by molar-refractivity contribution is -0.123. The number of fused-ring (bicyclic) bond motifs is 1. The van der Waals surface area contributed by atoms with Gasteiger partial charge in [-0.3, -0.25) is 9.59 Å². The summed E-state index contributed by atoms with van der Waals surface area (Å²) in [7, 11) is 0. The van der Waals surface area contributed by atoms with Gasteiger partial charge in [0.1, 0.15) is 34.8 Å². The predicted octanol–water partition coefficient (Wildman–Crippen LogP) is 5.23. The lowest BCUT2D eigenvalue weighted by Gasteiger charge is -2.30. The van der Waals surface area contributed by atoms with Gasteiger partial charge in [-0.05, 0) is 61.6 Å². The van der Waals surface area contributed by atoms with E-state index in [2.05, 4.69) is 5.32 Å². The number of ether oxygens (including phenoxy) is 2. The third-order valence-electron chi connectivity index (χ3n) is 8.45. The average molecular weight is 648 g/mol. The van der Waals surface area contributed by atoms with Crippen molar-refractivity contribution in [3.05, 3.63) is 105 Å². The molecule has 1 saturated carbocycles. The van der Waals surface area contributed by atoms with Gasteiger partial charge in [0, 0.05) is 16.7 Å². The number of rotatable bonds is 10. The molecule has 0 spiro atoms. The van der Waals surface area contributed by atoms with Crippen molar-refractivity contribution in [1.29, 1.82) is 0 Å². The van der Waals surface area contributed by atoms with Crippen molar-refractivity contribution in [1.82, 2.24) is 10.3 Å². The smallest absolute Gasteiger partial charge is 0.251 e. The fraction of sp³-hybridized carbons (Fsp3) is 0.265. The number of hydrogen-bond donors (Lipinski definition) is 4. The molecule has 11 heteroatoms. The number of benzene rings is 3. The molecule has 1 aliphatic carbocycles. The molecule has 9 nitrogen and oxygen atoms in total. The van der Waals surface area contributed by atoms with Gasteiger partial charge in [-0.2, -0.15) is 0 Å². The summed E-state index contributed by atoms with van der Waals surface area (Å²) in [6.07, 6.45) is 2.23. The van der Waals surface area contributed by atoms with Crippen LogP contribution in [-0.4, -0.2) is 41.7 Å². The number of carbonyl (C=O) groups is 2. The number of anilines is 1. The van der Waals surface area contributed by atoms with Gasteiger partial charge in [-0.1, -0.05) is 65.7 Å². The van der Waals surface area contributed by atoms with E-state index in [0.717, 1.165) is 12.8 Å². The summed E-state index contributed by atoms with van der Waals surface area (Å²) >= 11 is 13.0. The molecule has 6 rings (SSSR count). The second kappa shape index (κ2) is 11.9. The Hall–Kier alpha value is -4.31. The number of halogens is 2. The highest BCUT2D eigenvalue weighted by Crippen LogP contribution is 2.48. The summed E-state index contributed by atoms with van der Waals surface area (Å²) in [5.74, 6) is 0.189. The van der Waals surface area contributed by atoms with Crippen LogP contribution in [0.25, 0.3) is 11.3 Å². The third-order valence-corrected chi connectivity index (χ3v) is 9.27. The van der Waals surface area contributed by atoms with Gasteiger partial charge in [0.15, 0.2) is 0 Å². The molecule has 1 aliphatic heterocycles. The average Bonchev–Trinajstić information content (AvgIpc) is 3.81. The Kier molecular flexibility index (Phi) is 8.11. The van der Waals surface area contributed by atoms with Crippen LogP contribution in [0.2, 0.25) is 10.0 Å². The maximum Gasteiger partial charge on any atom is 0.251 e. The number of aliphatic hydroxyl groups is 1. The molecule has 1 fully saturated rings. The van der Waals surface area contributed by atoms with E-state index in [1.165, 1.54) is 0 Å². The van der Waals surface area contributed by atoms with E-state index in [9.17, 15) is 14.7 Å². The number of nitrogens with zero attached hydrogens (tertiary/aromatic N) is 1. The van der Waals surface area contributed by atoms with Crippen molar-refractivity contribution < 1.29 is 24.2 Å². The molecule has 45 heavy (non-hydrogen) atoms. The third kappa shape index (κ3) is 5.79. The molecule has 0 saturated heterocycles. The van der Waals surface area contributed by atoms with Crippen molar-refractivity contribution in [3.8, 4) is 22.8 Å². The van der Waals surface area contributed by atoms with E-state index < -0.39 is 22.8 Å². The SMILES string of the molecule is C[C@]1(C(N)=O)COc2c1cc([C@@](O)(CNC(=O)c1ccc(N)c(OCC3CC3)c1)c1ccccc1)nc2-c1cccc(Cl)c1Cl. The summed E-state index contributed by atoms with van der Waals surface area (Å²) in [6, 6.07) is 20.3. The van der Waals surface area contributed by atoms with E-state index in [4.69, 9.17) is 49.1 Å². The second-order valence-electron chi connectivity index (χ2n) is 11.7. The van der Waals surface area contributed by atoms with Crippen molar-refractivity contribution in [2.24, 2.45) is 11.7 Å². The lowest BCUT2D eigenvalue weighted by Crippen LogP contribution is -2.43. The number of primary amides is 1. The molecule has 2 amide bonds. The highest BCUT2D eigenvalue weighted by molar-refractivity contribution is 6.43. The minimum Gasteiger partial charge on any atom is -0.491 e. The number of carbonyl (C=O) groups excluding carboxylic acids is 2. The van der Waals surface area contributed by atoms with Crippen LogP contribution >= 0.6 is 23.2 Å². The first-order valence-electron chi connectivity index (χ1n) is 14.5. The fourth-order valence-electron chi connectivity index (χ4n) is 5.33. The van der Waals surface area contributed by atoms with Crippen LogP contribution in [0.15, 0.2) is 72.8 Å². The Morgan fingerprint density at radius 2 is 1.87 bits per heavy atom. The van der Waals surface area contributed by atoms with Crippen LogP contribution in [-0.2, 0) is 15.8 Å². The number of hydrogen-bond acceptors (Lipinski definition) is 7. The van der Waals surface area contributed by atoms with E-state index >= 15 is 0 Å². The molecule has 0 radical (unpaired) electrons. The molecule has 2 aliphatic rings. The van der Waals surface area contributed by atoms with Gasteiger partial charge in [0.05, 0.1) is 34.6 Å². The standard InChI is InChI=1S/C34H32Cl2N4O5/c1-33(32(38)42)18-45-30-23(33)15-27(40-29(30)22-8-5-9-24(35)28(22)36)34(43,21-6-3-2-4-7-21)17-39-31(41)20-12-13-25(37)26(14-20)44-16-19-10-11-19/h2-9,12-15,19,43H,10-11,16-18,37H2,1H3,(H2,38,42)(H,39,41)/t33-,34+/m0/s1. The molecule has 1 aromatic heterocycles. The maximum atomic E-state index is 13.5. The Bertz CT molecular complexity index is 1800. The lowest BCUT2D eigenvalue weighted by atomic mass is 9.80. The van der Waals surface area contributed by atoms with Crippen molar-refractivity contribution in [2.75, 3.05) is 25.5 Å². The summed E-state index contributed by atoms with van der Waals surface area (Å²) in [6.45, 7) is 1.90. The molecular formula is C34H32Cl2N4O5. The first kappa shape index (κ1) is 30.7. The molecule has 6 N–H and O–H groups in total. The van der Waals surface area contributed by atoms with E-state index in [0.29, 0.717) is 57.0 Å². The minimum absolute atomic E-state index is 0.0310. The zero-order valence-corrected chi connectivity index (χ0v) is 26.0. The van der Waals surface area contributed by atoms with Crippen LogP contribution < -0.4 is 26.3 Å². The van der Waals surface area contributed by atoms with Crippen molar-refractivity contribution >= 4 is 40.7 Å². The largest absolute Gasteiger partial charge is 0.491 e. The summed E-state index contributed by atoms with van der Waals surface area (Å²) in [4.78, 5) is 31.1. The zero-order valence-electron chi connectivity index (χ0n) is 24.5. The van der Waals surface area contributed by atoms with Gasteiger partial charge in [-0.15, -0.1) is 0 Å². The van der Waals surface area contributed by atoms with Crippen LogP contribution in [0.5, 0.6) is 11.5 Å². The van der Waals surface area contributed by atoms with Crippen LogP contribution in [0.4, 0.5) is 5.69 Å². The van der Waals surface area contributed by atoms with Gasteiger partial charge in [0.25, 0.3) is 5.91 Å². The Morgan fingerprint density at radius 3 is 2.58 bits per heavy atom. The Morgan fingerprint density at radius 1 is 1.11 bits per heavy atom. The second-order valence-corrected chi connectivity index (χ2v) is 12.5. The van der Waals surface area contributed by atoms with E-state index in [1.807, 2.05) is 6.07 Å². The Labute approximate surface area is 270 Å². The van der Waals surface area contributed by atoms with Gasteiger partial charge >= 0.3 is 0 Å².